The first-order chi connectivity index (χ1) is 12.8. The van der Waals surface area contributed by atoms with Gasteiger partial charge in [-0.15, -0.1) is 11.8 Å². The van der Waals surface area contributed by atoms with Crippen molar-refractivity contribution in [2.75, 3.05) is 11.5 Å². The number of anilines is 1. The summed E-state index contributed by atoms with van der Waals surface area (Å²) in [7, 11) is 0. The molecule has 1 aliphatic carbocycles. The molecule has 0 bridgehead atoms. The van der Waals surface area contributed by atoms with E-state index in [0.29, 0.717) is 11.3 Å². The topological polar surface area (TPSA) is 62.2 Å². The van der Waals surface area contributed by atoms with Crippen LogP contribution in [-0.4, -0.2) is 12.0 Å². The van der Waals surface area contributed by atoms with Crippen LogP contribution in [0.25, 0.3) is 0 Å². The molecule has 0 radical (unpaired) electrons. The lowest BCUT2D eigenvalue weighted by atomic mass is 9.97. The number of thioether (sulfide) groups is 1. The zero-order valence-electron chi connectivity index (χ0n) is 14.7. The molecule has 27 heavy (non-hydrogen) atoms. The van der Waals surface area contributed by atoms with Gasteiger partial charge in [-0.2, -0.15) is 18.4 Å². The third-order valence-corrected chi connectivity index (χ3v) is 5.46. The lowest BCUT2D eigenvalue weighted by Crippen LogP contribution is -2.06. The Bertz CT molecular complexity index is 925. The van der Waals surface area contributed by atoms with Crippen molar-refractivity contribution in [2.45, 2.75) is 36.3 Å². The minimum atomic E-state index is -4.43. The highest BCUT2D eigenvalue weighted by Crippen LogP contribution is 2.49. The monoisotopic (exact) mass is 389 g/mol. The predicted molar refractivity (Wildman–Crippen MR) is 102 cm³/mol. The fraction of sp³-hybridized carbons (Fsp3) is 0.300. The number of benzene rings is 2. The Balaban J connectivity index is 1.90. The zero-order chi connectivity index (χ0) is 19.7. The molecule has 0 aromatic heterocycles. The maximum Gasteiger partial charge on any atom is 0.416 e. The van der Waals surface area contributed by atoms with Crippen molar-refractivity contribution in [2.24, 2.45) is 4.99 Å². The highest BCUT2D eigenvalue weighted by molar-refractivity contribution is 7.99. The zero-order valence-corrected chi connectivity index (χ0v) is 15.5. The average Bonchev–Trinajstić information content (AvgIpc) is 3.42. The molecule has 1 fully saturated rings. The van der Waals surface area contributed by atoms with Crippen molar-refractivity contribution >= 4 is 29.4 Å². The molecule has 0 unspecified atom stereocenters. The molecule has 0 spiro atoms. The molecule has 3 nitrogen and oxygen atoms in total. The summed E-state index contributed by atoms with van der Waals surface area (Å²) in [6, 6.07) is 11.3. The molecule has 7 heteroatoms. The van der Waals surface area contributed by atoms with Crippen LogP contribution in [0, 0.1) is 11.3 Å². The molecule has 0 aliphatic heterocycles. The second-order valence-electron chi connectivity index (χ2n) is 6.41. The van der Waals surface area contributed by atoms with Gasteiger partial charge >= 0.3 is 6.18 Å². The van der Waals surface area contributed by atoms with Gasteiger partial charge in [-0.05, 0) is 48.4 Å². The van der Waals surface area contributed by atoms with Gasteiger partial charge in [-0.3, -0.25) is 4.99 Å². The molecule has 0 heterocycles. The molecular weight excluding hydrogens is 371 g/mol. The summed E-state index contributed by atoms with van der Waals surface area (Å²) in [5.41, 5.74) is 6.75. The maximum absolute atomic E-state index is 12.7. The van der Waals surface area contributed by atoms with E-state index in [1.165, 1.54) is 12.3 Å². The number of rotatable bonds is 5. The summed E-state index contributed by atoms with van der Waals surface area (Å²) < 4.78 is 38.2. The summed E-state index contributed by atoms with van der Waals surface area (Å²) in [4.78, 5) is 5.37. The Morgan fingerprint density at radius 3 is 2.56 bits per heavy atom. The number of hydrogen-bond donors (Lipinski definition) is 1. The smallest absolute Gasteiger partial charge is 0.398 e. The molecule has 1 saturated carbocycles. The van der Waals surface area contributed by atoms with Gasteiger partial charge in [0.2, 0.25) is 0 Å². The van der Waals surface area contributed by atoms with E-state index in [9.17, 15) is 18.4 Å². The van der Waals surface area contributed by atoms with Gasteiger partial charge in [-0.1, -0.05) is 19.1 Å². The Morgan fingerprint density at radius 2 is 2.00 bits per heavy atom. The summed E-state index contributed by atoms with van der Waals surface area (Å²) in [6.45, 7) is 2.02. The molecule has 0 saturated heterocycles. The van der Waals surface area contributed by atoms with Crippen LogP contribution in [0.4, 0.5) is 24.5 Å². The second-order valence-corrected chi connectivity index (χ2v) is 7.71. The maximum atomic E-state index is 12.7. The van der Waals surface area contributed by atoms with Crippen LogP contribution in [0.3, 0.4) is 0 Å². The third kappa shape index (κ3) is 4.11. The third-order valence-electron chi connectivity index (χ3n) is 4.53. The Hall–Kier alpha value is -2.46. The lowest BCUT2D eigenvalue weighted by Gasteiger charge is -2.11. The number of aliphatic imine (C=N–C) groups is 1. The first-order valence-electron chi connectivity index (χ1n) is 8.48. The number of nitriles is 1. The molecule has 3 rings (SSSR count). The van der Waals surface area contributed by atoms with Gasteiger partial charge in [-0.25, -0.2) is 0 Å². The van der Waals surface area contributed by atoms with E-state index in [2.05, 4.69) is 11.1 Å². The van der Waals surface area contributed by atoms with E-state index in [4.69, 9.17) is 5.73 Å². The van der Waals surface area contributed by atoms with E-state index < -0.39 is 11.7 Å². The molecule has 0 amide bonds. The summed E-state index contributed by atoms with van der Waals surface area (Å²) in [5, 5.41) is 9.38. The SMILES string of the molecule is CCSc1cc(C2(C#N)CC2)ccc1N=Cc1ccc(C(F)(F)F)cc1N. The number of alkyl halides is 3. The van der Waals surface area contributed by atoms with Crippen LogP contribution in [0.5, 0.6) is 0 Å². The molecule has 2 aromatic rings. The standard InChI is InChI=1S/C20H18F3N3S/c1-2-27-18-10-14(19(12-24)7-8-19)5-6-17(18)26-11-13-3-4-15(9-16(13)25)20(21,22)23/h3-6,9-11H,2,7-8,25H2,1H3. The van der Waals surface area contributed by atoms with Gasteiger partial charge in [0.05, 0.1) is 22.7 Å². The number of halogens is 3. The number of hydrogen-bond acceptors (Lipinski definition) is 4. The molecule has 1 aliphatic rings. The Morgan fingerprint density at radius 1 is 1.26 bits per heavy atom. The molecular formula is C20H18F3N3S. The van der Waals surface area contributed by atoms with Crippen LogP contribution < -0.4 is 5.73 Å². The number of nitrogens with zero attached hydrogens (tertiary/aromatic N) is 2. The highest BCUT2D eigenvalue weighted by Gasteiger charge is 2.45. The van der Waals surface area contributed by atoms with E-state index in [1.54, 1.807) is 11.8 Å². The molecule has 2 N–H and O–H groups in total. The molecule has 2 aromatic carbocycles. The predicted octanol–water partition coefficient (Wildman–Crippen LogP) is 5.71. The minimum Gasteiger partial charge on any atom is -0.398 e. The van der Waals surface area contributed by atoms with Crippen LogP contribution in [0.15, 0.2) is 46.3 Å². The summed E-state index contributed by atoms with van der Waals surface area (Å²) in [5.74, 6) is 0.841. The number of nitrogens with two attached hydrogens (primary N) is 1. The average molecular weight is 389 g/mol. The fourth-order valence-electron chi connectivity index (χ4n) is 2.79. The molecule has 140 valence electrons. The first-order valence-corrected chi connectivity index (χ1v) is 9.47. The van der Waals surface area contributed by atoms with E-state index in [1.807, 2.05) is 25.1 Å². The lowest BCUT2D eigenvalue weighted by molar-refractivity contribution is -0.137. The second kappa shape index (κ2) is 7.28. The van der Waals surface area contributed by atoms with Gasteiger partial charge in [0.15, 0.2) is 0 Å². The molecule has 0 atom stereocenters. The van der Waals surface area contributed by atoms with Gasteiger partial charge < -0.3 is 5.73 Å². The largest absolute Gasteiger partial charge is 0.416 e. The van der Waals surface area contributed by atoms with Crippen molar-refractivity contribution in [3.63, 3.8) is 0 Å². The van der Waals surface area contributed by atoms with E-state index in [-0.39, 0.29) is 11.1 Å². The van der Waals surface area contributed by atoms with Crippen LogP contribution in [0.2, 0.25) is 0 Å². The van der Waals surface area contributed by atoms with Crippen LogP contribution in [-0.2, 0) is 11.6 Å². The van der Waals surface area contributed by atoms with Crippen molar-refractivity contribution in [3.05, 3.63) is 53.1 Å². The van der Waals surface area contributed by atoms with Crippen molar-refractivity contribution in [1.82, 2.24) is 0 Å². The number of nitrogen functional groups attached to an aromatic ring is 1. The van der Waals surface area contributed by atoms with E-state index >= 15 is 0 Å². The fourth-order valence-corrected chi connectivity index (χ4v) is 3.58. The van der Waals surface area contributed by atoms with Crippen LogP contribution in [0.1, 0.15) is 36.5 Å². The van der Waals surface area contributed by atoms with Gasteiger partial charge in [0.25, 0.3) is 0 Å². The summed E-state index contributed by atoms with van der Waals surface area (Å²) >= 11 is 1.61. The normalized spacial score (nSPS) is 15.7. The Kier molecular flexibility index (Phi) is 5.20. The van der Waals surface area contributed by atoms with Gasteiger partial charge in [0, 0.05) is 22.4 Å². The quantitative estimate of drug-likeness (QED) is 0.405. The minimum absolute atomic E-state index is 0.0244. The summed E-state index contributed by atoms with van der Waals surface area (Å²) in [6.07, 6.45) is -1.22. The van der Waals surface area contributed by atoms with Crippen molar-refractivity contribution in [1.29, 1.82) is 5.26 Å². The van der Waals surface area contributed by atoms with Crippen molar-refractivity contribution in [3.8, 4) is 6.07 Å². The van der Waals surface area contributed by atoms with Crippen LogP contribution >= 0.6 is 11.8 Å². The Labute approximate surface area is 160 Å². The van der Waals surface area contributed by atoms with E-state index in [0.717, 1.165) is 41.2 Å². The van der Waals surface area contributed by atoms with Crippen molar-refractivity contribution < 1.29 is 13.2 Å². The highest BCUT2D eigenvalue weighted by atomic mass is 32.2. The first kappa shape index (κ1) is 19.3. The van der Waals surface area contributed by atoms with Gasteiger partial charge in [0.1, 0.15) is 0 Å².